The van der Waals surface area contributed by atoms with Crippen LogP contribution < -0.4 is 0 Å². The molecule has 2 aromatic rings. The van der Waals surface area contributed by atoms with Gasteiger partial charge in [-0.05, 0) is 12.1 Å². The van der Waals surface area contributed by atoms with Crippen molar-refractivity contribution in [3.63, 3.8) is 0 Å². The molecule has 3 nitrogen and oxygen atoms in total. The molecule has 78 valence electrons. The SMILES string of the molecule is CC(C)c1ncc2cc(O)c(Cl)cc2n1. The molecular formula is C11H11ClN2O. The molecule has 0 bridgehead atoms. The molecule has 0 fully saturated rings. The second-order valence-electron chi connectivity index (χ2n) is 3.75. The van der Waals surface area contributed by atoms with Gasteiger partial charge in [0.25, 0.3) is 0 Å². The summed E-state index contributed by atoms with van der Waals surface area (Å²) in [5.74, 6) is 1.12. The first-order chi connectivity index (χ1) is 7.08. The molecule has 0 saturated heterocycles. The van der Waals surface area contributed by atoms with Crippen LogP contribution in [0.25, 0.3) is 10.9 Å². The molecule has 0 atom stereocenters. The zero-order valence-electron chi connectivity index (χ0n) is 8.53. The molecule has 1 aromatic heterocycles. The summed E-state index contributed by atoms with van der Waals surface area (Å²) in [6.45, 7) is 4.06. The Balaban J connectivity index is 2.66. The van der Waals surface area contributed by atoms with E-state index in [4.69, 9.17) is 11.6 Å². The smallest absolute Gasteiger partial charge is 0.134 e. The van der Waals surface area contributed by atoms with E-state index in [1.165, 1.54) is 0 Å². The third-order valence-corrected chi connectivity index (χ3v) is 2.49. The standard InChI is InChI=1S/C11H11ClN2O/c1-6(2)11-13-5-7-3-10(15)8(12)4-9(7)14-11/h3-6,15H,1-2H3. The minimum atomic E-state index is 0.0602. The van der Waals surface area contributed by atoms with Crippen LogP contribution in [0.2, 0.25) is 5.02 Å². The quantitative estimate of drug-likeness (QED) is 0.807. The number of phenolic OH excluding ortho intramolecular Hbond substituents is 1. The molecule has 1 N–H and O–H groups in total. The highest BCUT2D eigenvalue weighted by Gasteiger charge is 2.06. The third-order valence-electron chi connectivity index (χ3n) is 2.18. The Hall–Kier alpha value is -1.35. The van der Waals surface area contributed by atoms with Gasteiger partial charge in [-0.15, -0.1) is 0 Å². The summed E-state index contributed by atoms with van der Waals surface area (Å²) in [5.41, 5.74) is 0.761. The predicted molar refractivity (Wildman–Crippen MR) is 60.3 cm³/mol. The van der Waals surface area contributed by atoms with E-state index in [9.17, 15) is 5.11 Å². The average Bonchev–Trinajstić information content (AvgIpc) is 2.19. The average molecular weight is 223 g/mol. The van der Waals surface area contributed by atoms with E-state index in [2.05, 4.69) is 9.97 Å². The van der Waals surface area contributed by atoms with Crippen LogP contribution in [0.3, 0.4) is 0 Å². The van der Waals surface area contributed by atoms with Crippen molar-refractivity contribution in [1.82, 2.24) is 9.97 Å². The summed E-state index contributed by atoms with van der Waals surface area (Å²) in [7, 11) is 0. The molecule has 2 rings (SSSR count). The lowest BCUT2D eigenvalue weighted by Gasteiger charge is -2.05. The predicted octanol–water partition coefficient (Wildman–Crippen LogP) is 3.11. The maximum atomic E-state index is 9.41. The number of hydrogen-bond donors (Lipinski definition) is 1. The second-order valence-corrected chi connectivity index (χ2v) is 4.15. The third kappa shape index (κ3) is 1.88. The Bertz CT molecular complexity index is 511. The molecule has 0 aliphatic carbocycles. The molecule has 1 aromatic carbocycles. The Labute approximate surface area is 92.7 Å². The van der Waals surface area contributed by atoms with Crippen LogP contribution in [-0.2, 0) is 0 Å². The van der Waals surface area contributed by atoms with E-state index in [0.717, 1.165) is 16.7 Å². The number of hydrogen-bond acceptors (Lipinski definition) is 3. The van der Waals surface area contributed by atoms with Crippen molar-refractivity contribution < 1.29 is 5.11 Å². The van der Waals surface area contributed by atoms with Crippen molar-refractivity contribution in [2.24, 2.45) is 0 Å². The summed E-state index contributed by atoms with van der Waals surface area (Å²) < 4.78 is 0. The second kappa shape index (κ2) is 3.66. The van der Waals surface area contributed by atoms with Crippen LogP contribution in [-0.4, -0.2) is 15.1 Å². The highest BCUT2D eigenvalue weighted by molar-refractivity contribution is 6.32. The zero-order chi connectivity index (χ0) is 11.0. The van der Waals surface area contributed by atoms with Crippen LogP contribution in [0, 0.1) is 0 Å². The molecule has 0 aliphatic heterocycles. The van der Waals surface area contributed by atoms with Gasteiger partial charge in [-0.2, -0.15) is 0 Å². The molecule has 4 heteroatoms. The topological polar surface area (TPSA) is 46.0 Å². The fourth-order valence-corrected chi connectivity index (χ4v) is 1.49. The minimum absolute atomic E-state index is 0.0602. The van der Waals surface area contributed by atoms with Crippen LogP contribution in [0.15, 0.2) is 18.3 Å². The number of phenols is 1. The fourth-order valence-electron chi connectivity index (χ4n) is 1.33. The summed E-state index contributed by atoms with van der Waals surface area (Å²) in [6, 6.07) is 3.22. The van der Waals surface area contributed by atoms with E-state index < -0.39 is 0 Å². The Morgan fingerprint density at radius 2 is 2.07 bits per heavy atom. The highest BCUT2D eigenvalue weighted by Crippen LogP contribution is 2.28. The number of aromatic nitrogens is 2. The summed E-state index contributed by atoms with van der Waals surface area (Å²) in [6.07, 6.45) is 1.70. The molecule has 1 heterocycles. The fraction of sp³-hybridized carbons (Fsp3) is 0.273. The highest BCUT2D eigenvalue weighted by atomic mass is 35.5. The number of benzene rings is 1. The van der Waals surface area contributed by atoms with Crippen molar-refractivity contribution in [1.29, 1.82) is 0 Å². The first kappa shape index (κ1) is 10.2. The zero-order valence-corrected chi connectivity index (χ0v) is 9.28. The molecular weight excluding hydrogens is 212 g/mol. The van der Waals surface area contributed by atoms with Crippen LogP contribution in [0.4, 0.5) is 0 Å². The lowest BCUT2D eigenvalue weighted by Crippen LogP contribution is -1.96. The Kier molecular flexibility index (Phi) is 2.49. The molecule has 0 unspecified atom stereocenters. The van der Waals surface area contributed by atoms with Crippen molar-refractivity contribution in [2.75, 3.05) is 0 Å². The molecule has 0 radical (unpaired) electrons. The van der Waals surface area contributed by atoms with Crippen LogP contribution in [0.5, 0.6) is 5.75 Å². The number of rotatable bonds is 1. The largest absolute Gasteiger partial charge is 0.506 e. The normalized spacial score (nSPS) is 11.2. The van der Waals surface area contributed by atoms with Crippen molar-refractivity contribution in [3.8, 4) is 5.75 Å². The van der Waals surface area contributed by atoms with Crippen LogP contribution in [0.1, 0.15) is 25.6 Å². The Morgan fingerprint density at radius 3 is 2.73 bits per heavy atom. The number of halogens is 1. The van der Waals surface area contributed by atoms with Gasteiger partial charge in [0.15, 0.2) is 0 Å². The van der Waals surface area contributed by atoms with E-state index in [1.807, 2.05) is 13.8 Å². The Morgan fingerprint density at radius 1 is 1.33 bits per heavy atom. The molecule has 0 aliphatic rings. The van der Waals surface area contributed by atoms with Gasteiger partial charge in [0.05, 0.1) is 10.5 Å². The summed E-state index contributed by atoms with van der Waals surface area (Å²) >= 11 is 5.81. The number of aromatic hydroxyl groups is 1. The van der Waals surface area contributed by atoms with E-state index in [-0.39, 0.29) is 11.7 Å². The summed E-state index contributed by atoms with van der Waals surface area (Å²) in [4.78, 5) is 8.58. The summed E-state index contributed by atoms with van der Waals surface area (Å²) in [5, 5.41) is 10.5. The van der Waals surface area contributed by atoms with Crippen molar-refractivity contribution in [3.05, 3.63) is 29.2 Å². The monoisotopic (exact) mass is 222 g/mol. The lowest BCUT2D eigenvalue weighted by atomic mass is 10.2. The maximum absolute atomic E-state index is 9.41. The van der Waals surface area contributed by atoms with Crippen molar-refractivity contribution >= 4 is 22.5 Å². The first-order valence-electron chi connectivity index (χ1n) is 4.73. The van der Waals surface area contributed by atoms with Gasteiger partial charge in [-0.1, -0.05) is 25.4 Å². The van der Waals surface area contributed by atoms with Gasteiger partial charge in [0, 0.05) is 17.5 Å². The van der Waals surface area contributed by atoms with Gasteiger partial charge in [-0.25, -0.2) is 9.97 Å². The molecule has 0 amide bonds. The van der Waals surface area contributed by atoms with Crippen LogP contribution >= 0.6 is 11.6 Å². The van der Waals surface area contributed by atoms with E-state index in [0.29, 0.717) is 5.02 Å². The van der Waals surface area contributed by atoms with E-state index in [1.54, 1.807) is 18.3 Å². The lowest BCUT2D eigenvalue weighted by molar-refractivity contribution is 0.476. The van der Waals surface area contributed by atoms with Gasteiger partial charge in [0.2, 0.25) is 0 Å². The molecule has 0 saturated carbocycles. The maximum Gasteiger partial charge on any atom is 0.134 e. The minimum Gasteiger partial charge on any atom is -0.506 e. The molecule has 15 heavy (non-hydrogen) atoms. The van der Waals surface area contributed by atoms with Gasteiger partial charge < -0.3 is 5.11 Å². The van der Waals surface area contributed by atoms with Gasteiger partial charge in [0.1, 0.15) is 11.6 Å². The molecule has 0 spiro atoms. The van der Waals surface area contributed by atoms with Crippen molar-refractivity contribution in [2.45, 2.75) is 19.8 Å². The van der Waals surface area contributed by atoms with E-state index >= 15 is 0 Å². The van der Waals surface area contributed by atoms with Gasteiger partial charge in [-0.3, -0.25) is 0 Å². The number of fused-ring (bicyclic) bond motifs is 1. The first-order valence-corrected chi connectivity index (χ1v) is 5.11. The van der Waals surface area contributed by atoms with Gasteiger partial charge >= 0.3 is 0 Å². The number of nitrogens with zero attached hydrogens (tertiary/aromatic N) is 2.